The highest BCUT2D eigenvalue weighted by Crippen LogP contribution is 2.08. The minimum absolute atomic E-state index is 0.294. The van der Waals surface area contributed by atoms with Gasteiger partial charge < -0.3 is 15.4 Å². The van der Waals surface area contributed by atoms with Crippen molar-refractivity contribution in [2.24, 2.45) is 0 Å². The fourth-order valence-corrected chi connectivity index (χ4v) is 1.71. The summed E-state index contributed by atoms with van der Waals surface area (Å²) in [7, 11) is 0. The van der Waals surface area contributed by atoms with Crippen LogP contribution < -0.4 is 10.6 Å². The van der Waals surface area contributed by atoms with Crippen LogP contribution in [0, 0.1) is 6.92 Å². The summed E-state index contributed by atoms with van der Waals surface area (Å²) < 4.78 is 5.45. The normalized spacial score (nSPS) is 10.4. The molecule has 0 heterocycles. The number of hydrogen-bond acceptors (Lipinski definition) is 2. The molecular weight excluding hydrogens is 244 g/mol. The van der Waals surface area contributed by atoms with Crippen molar-refractivity contribution in [1.82, 2.24) is 5.32 Å². The van der Waals surface area contributed by atoms with Gasteiger partial charge in [0.15, 0.2) is 5.11 Å². The van der Waals surface area contributed by atoms with Crippen LogP contribution in [0.4, 0.5) is 5.69 Å². The SMILES string of the molecule is Cc1cccc(NC(=S)NCCCOC(C)C)c1. The number of hydrogen-bond donors (Lipinski definition) is 2. The molecule has 0 aromatic heterocycles. The third-order valence-corrected chi connectivity index (χ3v) is 2.58. The predicted molar refractivity (Wildman–Crippen MR) is 81.1 cm³/mol. The molecule has 1 aromatic carbocycles. The van der Waals surface area contributed by atoms with Gasteiger partial charge in [-0.2, -0.15) is 0 Å². The lowest BCUT2D eigenvalue weighted by Gasteiger charge is -2.11. The molecule has 0 spiro atoms. The van der Waals surface area contributed by atoms with Gasteiger partial charge in [-0.1, -0.05) is 12.1 Å². The lowest BCUT2D eigenvalue weighted by molar-refractivity contribution is 0.0777. The molecule has 2 N–H and O–H groups in total. The second kappa shape index (κ2) is 8.06. The molecule has 0 amide bonds. The molecule has 18 heavy (non-hydrogen) atoms. The van der Waals surface area contributed by atoms with E-state index >= 15 is 0 Å². The molecule has 4 heteroatoms. The number of benzene rings is 1. The second-order valence-corrected chi connectivity index (χ2v) is 4.93. The summed E-state index contributed by atoms with van der Waals surface area (Å²) in [6, 6.07) is 8.14. The maximum Gasteiger partial charge on any atom is 0.170 e. The fourth-order valence-electron chi connectivity index (χ4n) is 1.49. The van der Waals surface area contributed by atoms with Gasteiger partial charge in [0, 0.05) is 18.8 Å². The lowest BCUT2D eigenvalue weighted by Crippen LogP contribution is -2.30. The van der Waals surface area contributed by atoms with E-state index in [9.17, 15) is 0 Å². The molecule has 3 nitrogen and oxygen atoms in total. The van der Waals surface area contributed by atoms with Crippen molar-refractivity contribution in [3.63, 3.8) is 0 Å². The number of thiocarbonyl (C=S) groups is 1. The first kappa shape index (κ1) is 14.9. The summed E-state index contributed by atoms with van der Waals surface area (Å²) in [4.78, 5) is 0. The Morgan fingerprint density at radius 3 is 2.83 bits per heavy atom. The highest BCUT2D eigenvalue weighted by molar-refractivity contribution is 7.80. The predicted octanol–water partition coefficient (Wildman–Crippen LogP) is 3.10. The van der Waals surface area contributed by atoms with Gasteiger partial charge in [0.1, 0.15) is 0 Å². The Morgan fingerprint density at radius 2 is 2.17 bits per heavy atom. The topological polar surface area (TPSA) is 33.3 Å². The van der Waals surface area contributed by atoms with E-state index in [2.05, 4.69) is 29.7 Å². The summed E-state index contributed by atoms with van der Waals surface area (Å²) in [6.45, 7) is 7.72. The molecule has 0 unspecified atom stereocenters. The zero-order chi connectivity index (χ0) is 13.4. The smallest absolute Gasteiger partial charge is 0.170 e. The molecule has 0 atom stereocenters. The standard InChI is InChI=1S/C14H22N2OS/c1-11(2)17-9-5-8-15-14(18)16-13-7-4-6-12(3)10-13/h4,6-7,10-11H,5,8-9H2,1-3H3,(H2,15,16,18). The van der Waals surface area contributed by atoms with Crippen LogP contribution in [-0.2, 0) is 4.74 Å². The molecule has 0 fully saturated rings. The van der Waals surface area contributed by atoms with Gasteiger partial charge >= 0.3 is 0 Å². The third kappa shape index (κ3) is 6.57. The monoisotopic (exact) mass is 266 g/mol. The van der Waals surface area contributed by atoms with Crippen molar-refractivity contribution in [2.75, 3.05) is 18.5 Å². The number of anilines is 1. The first-order valence-electron chi connectivity index (χ1n) is 6.31. The average molecular weight is 266 g/mol. The van der Waals surface area contributed by atoms with Gasteiger partial charge in [-0.05, 0) is 57.1 Å². The molecule has 0 aliphatic rings. The summed E-state index contributed by atoms with van der Waals surface area (Å²) >= 11 is 5.22. The highest BCUT2D eigenvalue weighted by atomic mass is 32.1. The van der Waals surface area contributed by atoms with Crippen LogP contribution in [0.25, 0.3) is 0 Å². The Labute approximate surface area is 115 Å². The highest BCUT2D eigenvalue weighted by Gasteiger charge is 1.98. The average Bonchev–Trinajstić information content (AvgIpc) is 2.28. The maximum atomic E-state index is 5.45. The number of rotatable bonds is 6. The van der Waals surface area contributed by atoms with E-state index in [4.69, 9.17) is 17.0 Å². The largest absolute Gasteiger partial charge is 0.379 e. The van der Waals surface area contributed by atoms with E-state index in [1.54, 1.807) is 0 Å². The molecule has 1 rings (SSSR count). The van der Waals surface area contributed by atoms with Gasteiger partial charge in [-0.15, -0.1) is 0 Å². The van der Waals surface area contributed by atoms with E-state index in [0.717, 1.165) is 25.3 Å². The second-order valence-electron chi connectivity index (χ2n) is 4.52. The Kier molecular flexibility index (Phi) is 6.68. The van der Waals surface area contributed by atoms with Crippen LogP contribution in [-0.4, -0.2) is 24.4 Å². The molecule has 1 aromatic rings. The van der Waals surface area contributed by atoms with Crippen LogP contribution in [0.2, 0.25) is 0 Å². The van der Waals surface area contributed by atoms with E-state index in [1.807, 2.05) is 26.0 Å². The third-order valence-electron chi connectivity index (χ3n) is 2.33. The minimum atomic E-state index is 0.294. The Morgan fingerprint density at radius 1 is 1.39 bits per heavy atom. The van der Waals surface area contributed by atoms with Crippen LogP contribution in [0.3, 0.4) is 0 Å². The van der Waals surface area contributed by atoms with E-state index < -0.39 is 0 Å². The van der Waals surface area contributed by atoms with Crippen molar-refractivity contribution in [2.45, 2.75) is 33.3 Å². The molecule has 0 bridgehead atoms. The number of ether oxygens (including phenoxy) is 1. The van der Waals surface area contributed by atoms with Gasteiger partial charge in [0.05, 0.1) is 6.10 Å². The van der Waals surface area contributed by atoms with Gasteiger partial charge in [0.25, 0.3) is 0 Å². The molecule has 0 aliphatic carbocycles. The van der Waals surface area contributed by atoms with Gasteiger partial charge in [0.2, 0.25) is 0 Å². The molecule has 0 radical (unpaired) electrons. The fraction of sp³-hybridized carbons (Fsp3) is 0.500. The van der Waals surface area contributed by atoms with Crippen molar-refractivity contribution < 1.29 is 4.74 Å². The minimum Gasteiger partial charge on any atom is -0.379 e. The van der Waals surface area contributed by atoms with E-state index in [-0.39, 0.29) is 0 Å². The van der Waals surface area contributed by atoms with Crippen LogP contribution in [0.1, 0.15) is 25.8 Å². The zero-order valence-electron chi connectivity index (χ0n) is 11.3. The molecular formula is C14H22N2OS. The van der Waals surface area contributed by atoms with Crippen molar-refractivity contribution >= 4 is 23.0 Å². The van der Waals surface area contributed by atoms with Crippen LogP contribution in [0.5, 0.6) is 0 Å². The van der Waals surface area contributed by atoms with E-state index in [1.165, 1.54) is 5.56 Å². The molecule has 0 saturated carbocycles. The quantitative estimate of drug-likeness (QED) is 0.612. The van der Waals surface area contributed by atoms with Crippen LogP contribution in [0.15, 0.2) is 24.3 Å². The molecule has 0 saturated heterocycles. The maximum absolute atomic E-state index is 5.45. The first-order valence-corrected chi connectivity index (χ1v) is 6.72. The molecule has 0 aliphatic heterocycles. The van der Waals surface area contributed by atoms with Gasteiger partial charge in [-0.3, -0.25) is 0 Å². The number of aryl methyl sites for hydroxylation is 1. The number of nitrogens with one attached hydrogen (secondary N) is 2. The summed E-state index contributed by atoms with van der Waals surface area (Å²) in [5.74, 6) is 0. The lowest BCUT2D eigenvalue weighted by atomic mass is 10.2. The summed E-state index contributed by atoms with van der Waals surface area (Å²) in [5.41, 5.74) is 2.24. The Bertz CT molecular complexity index is 380. The molecule has 100 valence electrons. The van der Waals surface area contributed by atoms with E-state index in [0.29, 0.717) is 11.2 Å². The summed E-state index contributed by atoms with van der Waals surface area (Å²) in [5, 5.41) is 6.98. The Hall–Kier alpha value is -1.13. The zero-order valence-corrected chi connectivity index (χ0v) is 12.1. The van der Waals surface area contributed by atoms with Crippen LogP contribution >= 0.6 is 12.2 Å². The first-order chi connectivity index (χ1) is 8.58. The van der Waals surface area contributed by atoms with Crippen molar-refractivity contribution in [1.29, 1.82) is 0 Å². The van der Waals surface area contributed by atoms with Gasteiger partial charge in [-0.25, -0.2) is 0 Å². The van der Waals surface area contributed by atoms with Crippen molar-refractivity contribution in [3.8, 4) is 0 Å². The summed E-state index contributed by atoms with van der Waals surface area (Å²) in [6.07, 6.45) is 1.25. The Balaban J connectivity index is 2.18. The van der Waals surface area contributed by atoms with Crippen molar-refractivity contribution in [3.05, 3.63) is 29.8 Å².